The number of unbranched alkanes of at least 4 members (excludes halogenated alkanes) is 1. The quantitative estimate of drug-likeness (QED) is 0.278. The van der Waals surface area contributed by atoms with Gasteiger partial charge in [-0.2, -0.15) is 0 Å². The molecule has 7 heteroatoms. The van der Waals surface area contributed by atoms with Gasteiger partial charge in [-0.1, -0.05) is 19.8 Å². The monoisotopic (exact) mass is 448 g/mol. The minimum atomic E-state index is 0. The summed E-state index contributed by atoms with van der Waals surface area (Å²) in [7, 11) is 0. The Kier molecular flexibility index (Phi) is 11.0. The lowest BCUT2D eigenvalue weighted by Crippen LogP contribution is -2.37. The van der Waals surface area contributed by atoms with Crippen LogP contribution in [0.2, 0.25) is 0 Å². The van der Waals surface area contributed by atoms with Gasteiger partial charge in [-0.15, -0.1) is 34.2 Å². The van der Waals surface area contributed by atoms with Crippen molar-refractivity contribution in [3.8, 4) is 0 Å². The summed E-state index contributed by atoms with van der Waals surface area (Å²) in [5, 5.41) is 15.4. The number of halogens is 1. The molecule has 0 aromatic carbocycles. The predicted octanol–water partition coefficient (Wildman–Crippen LogP) is 2.91. The number of guanidine groups is 1. The van der Waals surface area contributed by atoms with E-state index in [0.717, 1.165) is 57.2 Å². The van der Waals surface area contributed by atoms with E-state index in [0.29, 0.717) is 0 Å². The van der Waals surface area contributed by atoms with Gasteiger partial charge in [0.25, 0.3) is 0 Å². The van der Waals surface area contributed by atoms with Crippen LogP contribution in [0.25, 0.3) is 0 Å². The largest absolute Gasteiger partial charge is 0.357 e. The lowest BCUT2D eigenvalue weighted by Gasteiger charge is -2.10. The molecule has 0 fully saturated rings. The van der Waals surface area contributed by atoms with Gasteiger partial charge in [0.15, 0.2) is 5.96 Å². The molecule has 138 valence electrons. The zero-order chi connectivity index (χ0) is 16.3. The molecule has 0 saturated heterocycles. The minimum absolute atomic E-state index is 0. The highest BCUT2D eigenvalue weighted by Crippen LogP contribution is 2.15. The number of hydrogen-bond acceptors (Lipinski definition) is 3. The lowest BCUT2D eigenvalue weighted by atomic mass is 10.2. The van der Waals surface area contributed by atoms with Gasteiger partial charge in [0.2, 0.25) is 0 Å². The van der Waals surface area contributed by atoms with Gasteiger partial charge in [0.1, 0.15) is 11.6 Å². The smallest absolute Gasteiger partial charge is 0.191 e. The fourth-order valence-electron chi connectivity index (χ4n) is 2.88. The van der Waals surface area contributed by atoms with E-state index in [2.05, 4.69) is 44.2 Å². The molecule has 6 nitrogen and oxygen atoms in total. The number of aryl methyl sites for hydroxylation is 2. The number of rotatable bonds is 8. The fourth-order valence-corrected chi connectivity index (χ4v) is 2.88. The summed E-state index contributed by atoms with van der Waals surface area (Å²) in [4.78, 5) is 4.65. The Morgan fingerprint density at radius 2 is 2.00 bits per heavy atom. The van der Waals surface area contributed by atoms with Crippen LogP contribution >= 0.6 is 24.0 Å². The average Bonchev–Trinajstić information content (AvgIpc) is 2.79. The van der Waals surface area contributed by atoms with E-state index >= 15 is 0 Å². The number of fused-ring (bicyclic) bond motifs is 1. The van der Waals surface area contributed by atoms with Gasteiger partial charge in [-0.05, 0) is 32.6 Å². The normalized spacial score (nSPS) is 14.5. The van der Waals surface area contributed by atoms with Crippen molar-refractivity contribution >= 4 is 29.9 Å². The van der Waals surface area contributed by atoms with Gasteiger partial charge in [0.05, 0.1) is 0 Å². The van der Waals surface area contributed by atoms with E-state index in [1.54, 1.807) is 0 Å². The summed E-state index contributed by atoms with van der Waals surface area (Å²) in [6.45, 7) is 8.09. The summed E-state index contributed by atoms with van der Waals surface area (Å²) in [5.41, 5.74) is 0. The van der Waals surface area contributed by atoms with Crippen molar-refractivity contribution in [2.75, 3.05) is 19.6 Å². The Balaban J connectivity index is 0.00000288. The van der Waals surface area contributed by atoms with Gasteiger partial charge < -0.3 is 15.2 Å². The predicted molar refractivity (Wildman–Crippen MR) is 110 cm³/mol. The van der Waals surface area contributed by atoms with E-state index in [4.69, 9.17) is 0 Å². The molecule has 0 atom stereocenters. The van der Waals surface area contributed by atoms with Crippen LogP contribution in [-0.2, 0) is 19.4 Å². The molecule has 0 bridgehead atoms. The van der Waals surface area contributed by atoms with E-state index in [1.165, 1.54) is 37.9 Å². The molecule has 2 rings (SSSR count). The zero-order valence-electron chi connectivity index (χ0n) is 15.2. The fraction of sp³-hybridized carbons (Fsp3) is 0.824. The molecule has 2 N–H and O–H groups in total. The van der Waals surface area contributed by atoms with Crippen LogP contribution < -0.4 is 10.6 Å². The Labute approximate surface area is 163 Å². The highest BCUT2D eigenvalue weighted by molar-refractivity contribution is 14.0. The summed E-state index contributed by atoms with van der Waals surface area (Å²) in [5.74, 6) is 3.25. The van der Waals surface area contributed by atoms with Gasteiger partial charge in [-0.25, -0.2) is 0 Å². The molecule has 1 aliphatic rings. The van der Waals surface area contributed by atoms with Gasteiger partial charge in [-0.3, -0.25) is 4.99 Å². The van der Waals surface area contributed by atoms with Crippen LogP contribution in [0.5, 0.6) is 0 Å². The minimum Gasteiger partial charge on any atom is -0.357 e. The van der Waals surface area contributed by atoms with Gasteiger partial charge in [0, 0.05) is 39.0 Å². The summed E-state index contributed by atoms with van der Waals surface area (Å²) < 4.78 is 2.33. The number of nitrogens with zero attached hydrogens (tertiary/aromatic N) is 4. The van der Waals surface area contributed by atoms with E-state index in [1.807, 2.05) is 0 Å². The van der Waals surface area contributed by atoms with Crippen LogP contribution in [0.3, 0.4) is 0 Å². The van der Waals surface area contributed by atoms with Crippen molar-refractivity contribution < 1.29 is 0 Å². The van der Waals surface area contributed by atoms with E-state index in [-0.39, 0.29) is 24.0 Å². The molecule has 24 heavy (non-hydrogen) atoms. The molecular formula is C17H33IN6. The first-order valence-electron chi connectivity index (χ1n) is 9.28. The lowest BCUT2D eigenvalue weighted by molar-refractivity contribution is 0.597. The third-order valence-electron chi connectivity index (χ3n) is 4.18. The first-order valence-corrected chi connectivity index (χ1v) is 9.28. The molecule has 0 aliphatic carbocycles. The standard InChI is InChI=1S/C17H32N6.HI/c1-3-5-12-19-17(18-4-2)20-13-9-11-16-22-21-15-10-7-6-8-14-23(15)16;/h3-14H2,1-2H3,(H2,18,19,20);1H. The molecule has 0 amide bonds. The van der Waals surface area contributed by atoms with E-state index < -0.39 is 0 Å². The maximum Gasteiger partial charge on any atom is 0.191 e. The summed E-state index contributed by atoms with van der Waals surface area (Å²) in [6.07, 6.45) is 9.24. The SMILES string of the molecule is CCCCNC(=NCCCc1nnc2n1CCCCC2)NCC.I. The van der Waals surface area contributed by atoms with Crippen LogP contribution in [0.1, 0.15) is 64.0 Å². The third-order valence-corrected chi connectivity index (χ3v) is 4.18. The second-order valence-corrected chi connectivity index (χ2v) is 6.14. The Hall–Kier alpha value is -0.860. The first kappa shape index (κ1) is 21.2. The Morgan fingerprint density at radius 1 is 1.12 bits per heavy atom. The summed E-state index contributed by atoms with van der Waals surface area (Å²) in [6, 6.07) is 0. The average molecular weight is 448 g/mol. The molecular weight excluding hydrogens is 415 g/mol. The van der Waals surface area contributed by atoms with Crippen molar-refractivity contribution in [1.82, 2.24) is 25.4 Å². The van der Waals surface area contributed by atoms with Crippen LogP contribution in [0.4, 0.5) is 0 Å². The summed E-state index contributed by atoms with van der Waals surface area (Å²) >= 11 is 0. The first-order chi connectivity index (χ1) is 11.3. The molecule has 0 radical (unpaired) electrons. The number of aliphatic imine (C=N–C) groups is 1. The molecule has 0 spiro atoms. The number of nitrogens with one attached hydrogen (secondary N) is 2. The number of hydrogen-bond donors (Lipinski definition) is 2. The molecule has 0 unspecified atom stereocenters. The molecule has 1 aromatic heterocycles. The third kappa shape index (κ3) is 6.94. The van der Waals surface area contributed by atoms with Crippen molar-refractivity contribution in [2.24, 2.45) is 4.99 Å². The second kappa shape index (κ2) is 12.5. The highest BCUT2D eigenvalue weighted by atomic mass is 127. The molecule has 1 aliphatic heterocycles. The van der Waals surface area contributed by atoms with Gasteiger partial charge >= 0.3 is 0 Å². The zero-order valence-corrected chi connectivity index (χ0v) is 17.5. The van der Waals surface area contributed by atoms with Crippen LogP contribution in [-0.4, -0.2) is 40.4 Å². The Bertz CT molecular complexity index is 485. The van der Waals surface area contributed by atoms with Crippen molar-refractivity contribution in [1.29, 1.82) is 0 Å². The van der Waals surface area contributed by atoms with E-state index in [9.17, 15) is 0 Å². The highest BCUT2D eigenvalue weighted by Gasteiger charge is 2.13. The maximum absolute atomic E-state index is 4.65. The Morgan fingerprint density at radius 3 is 2.79 bits per heavy atom. The van der Waals surface area contributed by atoms with Crippen molar-refractivity contribution in [2.45, 2.75) is 71.8 Å². The molecule has 2 heterocycles. The van der Waals surface area contributed by atoms with Crippen LogP contribution in [0.15, 0.2) is 4.99 Å². The van der Waals surface area contributed by atoms with Crippen molar-refractivity contribution in [3.05, 3.63) is 11.6 Å². The number of aromatic nitrogens is 3. The van der Waals surface area contributed by atoms with Crippen molar-refractivity contribution in [3.63, 3.8) is 0 Å². The molecule has 1 aromatic rings. The van der Waals surface area contributed by atoms with Crippen LogP contribution in [0, 0.1) is 0 Å². The maximum atomic E-state index is 4.65. The second-order valence-electron chi connectivity index (χ2n) is 6.14. The molecule has 0 saturated carbocycles. The topological polar surface area (TPSA) is 67.1 Å².